The first-order valence-corrected chi connectivity index (χ1v) is 10.4. The molecular weight excluding hydrogens is 418 g/mol. The van der Waals surface area contributed by atoms with Crippen molar-refractivity contribution in [2.45, 2.75) is 20.4 Å². The van der Waals surface area contributed by atoms with Gasteiger partial charge in [0.1, 0.15) is 28.9 Å². The van der Waals surface area contributed by atoms with Gasteiger partial charge < -0.3 is 24.1 Å². The van der Waals surface area contributed by atoms with Gasteiger partial charge in [-0.2, -0.15) is 5.26 Å². The molecule has 0 atom stereocenters. The zero-order chi connectivity index (χ0) is 24.0. The number of ether oxygens (including phenoxy) is 3. The van der Waals surface area contributed by atoms with Gasteiger partial charge in [-0.1, -0.05) is 0 Å². The molecule has 1 aromatic heterocycles. The van der Waals surface area contributed by atoms with E-state index in [-0.39, 0.29) is 12.1 Å². The first kappa shape index (κ1) is 23.5. The normalized spacial score (nSPS) is 11.0. The van der Waals surface area contributed by atoms with Crippen molar-refractivity contribution >= 4 is 12.0 Å². The van der Waals surface area contributed by atoms with Crippen molar-refractivity contribution in [1.82, 2.24) is 9.88 Å². The molecule has 170 valence electrons. The molecule has 0 saturated carbocycles. The summed E-state index contributed by atoms with van der Waals surface area (Å²) in [6.07, 6.45) is 1.61. The zero-order valence-corrected chi connectivity index (χ0v) is 19.4. The molecule has 1 N–H and O–H groups in total. The van der Waals surface area contributed by atoms with E-state index < -0.39 is 5.91 Å². The van der Waals surface area contributed by atoms with E-state index in [1.54, 1.807) is 45.6 Å². The van der Waals surface area contributed by atoms with Gasteiger partial charge in [0.15, 0.2) is 0 Å². The molecule has 0 bridgehead atoms. The maximum Gasteiger partial charge on any atom is 0.262 e. The van der Waals surface area contributed by atoms with Gasteiger partial charge in [-0.05, 0) is 74.0 Å². The molecule has 1 heterocycles. The summed E-state index contributed by atoms with van der Waals surface area (Å²) in [5.41, 5.74) is 4.45. The van der Waals surface area contributed by atoms with Crippen molar-refractivity contribution in [3.63, 3.8) is 0 Å². The Morgan fingerprint density at radius 3 is 2.27 bits per heavy atom. The predicted molar refractivity (Wildman–Crippen MR) is 127 cm³/mol. The zero-order valence-electron chi connectivity index (χ0n) is 19.4. The number of benzene rings is 2. The molecule has 3 aromatic rings. The quantitative estimate of drug-likeness (QED) is 0.412. The number of nitriles is 1. The molecule has 2 aromatic carbocycles. The van der Waals surface area contributed by atoms with E-state index in [1.165, 1.54) is 0 Å². The van der Waals surface area contributed by atoms with E-state index >= 15 is 0 Å². The Balaban J connectivity index is 1.83. The number of nitrogens with one attached hydrogen (secondary N) is 1. The van der Waals surface area contributed by atoms with E-state index in [1.807, 2.05) is 50.2 Å². The van der Waals surface area contributed by atoms with Gasteiger partial charge in [-0.15, -0.1) is 0 Å². The number of hydrogen-bond donors (Lipinski definition) is 1. The summed E-state index contributed by atoms with van der Waals surface area (Å²) < 4.78 is 17.9. The van der Waals surface area contributed by atoms with Crippen molar-refractivity contribution in [1.29, 1.82) is 5.26 Å². The second-order valence-corrected chi connectivity index (χ2v) is 7.39. The molecular formula is C26H27N3O4. The average Bonchev–Trinajstić information content (AvgIpc) is 3.13. The first-order valence-electron chi connectivity index (χ1n) is 10.4. The Morgan fingerprint density at radius 2 is 1.67 bits per heavy atom. The number of rotatable bonds is 8. The van der Waals surface area contributed by atoms with Crippen LogP contribution in [0.15, 0.2) is 54.1 Å². The number of aromatic nitrogens is 1. The minimum atomic E-state index is -0.461. The summed E-state index contributed by atoms with van der Waals surface area (Å²) in [4.78, 5) is 12.8. The van der Waals surface area contributed by atoms with Gasteiger partial charge in [0, 0.05) is 29.2 Å². The molecule has 0 spiro atoms. The Kier molecular flexibility index (Phi) is 7.42. The van der Waals surface area contributed by atoms with E-state index in [0.29, 0.717) is 11.5 Å². The molecule has 0 unspecified atom stereocenters. The monoisotopic (exact) mass is 445 g/mol. The van der Waals surface area contributed by atoms with E-state index in [0.717, 1.165) is 34.0 Å². The number of carbonyl (C=O) groups is 1. The van der Waals surface area contributed by atoms with Crippen LogP contribution in [0.3, 0.4) is 0 Å². The smallest absolute Gasteiger partial charge is 0.262 e. The number of aryl methyl sites for hydroxylation is 1. The maximum atomic E-state index is 12.8. The van der Waals surface area contributed by atoms with Crippen LogP contribution in [0, 0.1) is 25.2 Å². The van der Waals surface area contributed by atoms with Crippen LogP contribution in [0.5, 0.6) is 17.2 Å². The van der Waals surface area contributed by atoms with Crippen LogP contribution in [-0.4, -0.2) is 31.8 Å². The van der Waals surface area contributed by atoms with Crippen LogP contribution in [-0.2, 0) is 11.3 Å². The van der Waals surface area contributed by atoms with Crippen LogP contribution >= 0.6 is 0 Å². The van der Waals surface area contributed by atoms with E-state index in [9.17, 15) is 10.1 Å². The molecule has 0 saturated heterocycles. The molecule has 7 heteroatoms. The van der Waals surface area contributed by atoms with Crippen LogP contribution in [0.25, 0.3) is 11.8 Å². The van der Waals surface area contributed by atoms with Gasteiger partial charge in [-0.3, -0.25) is 4.79 Å². The number of amides is 1. The lowest BCUT2D eigenvalue weighted by Gasteiger charge is -2.11. The fraction of sp³-hybridized carbons (Fsp3) is 0.231. The second kappa shape index (κ2) is 10.4. The molecule has 0 aliphatic heterocycles. The van der Waals surface area contributed by atoms with Gasteiger partial charge in [0.2, 0.25) is 0 Å². The largest absolute Gasteiger partial charge is 0.497 e. The van der Waals surface area contributed by atoms with Crippen LogP contribution in [0.4, 0.5) is 0 Å². The third-order valence-electron chi connectivity index (χ3n) is 5.39. The minimum Gasteiger partial charge on any atom is -0.497 e. The molecule has 0 aliphatic rings. The van der Waals surface area contributed by atoms with E-state index in [2.05, 4.69) is 9.88 Å². The average molecular weight is 446 g/mol. The lowest BCUT2D eigenvalue weighted by atomic mass is 10.1. The second-order valence-electron chi connectivity index (χ2n) is 7.39. The number of hydrogen-bond acceptors (Lipinski definition) is 5. The number of methoxy groups -OCH3 is 3. The molecule has 3 rings (SSSR count). The highest BCUT2D eigenvalue weighted by Crippen LogP contribution is 2.25. The molecule has 1 amide bonds. The van der Waals surface area contributed by atoms with Crippen molar-refractivity contribution in [2.75, 3.05) is 21.3 Å². The first-order chi connectivity index (χ1) is 15.9. The van der Waals surface area contributed by atoms with Crippen LogP contribution in [0.2, 0.25) is 0 Å². The van der Waals surface area contributed by atoms with Crippen LogP contribution < -0.4 is 19.5 Å². The number of nitrogens with zero attached hydrogens (tertiary/aromatic N) is 2. The lowest BCUT2D eigenvalue weighted by Crippen LogP contribution is -2.24. The Bertz CT molecular complexity index is 1220. The summed E-state index contributed by atoms with van der Waals surface area (Å²) >= 11 is 0. The summed E-state index contributed by atoms with van der Waals surface area (Å²) in [6, 6.07) is 17.0. The summed E-state index contributed by atoms with van der Waals surface area (Å²) in [6.45, 7) is 4.13. The number of carbonyl (C=O) groups excluding carboxylic acids is 1. The molecule has 0 fully saturated rings. The summed E-state index contributed by atoms with van der Waals surface area (Å²) in [5, 5.41) is 12.4. The Labute approximate surface area is 193 Å². The van der Waals surface area contributed by atoms with Gasteiger partial charge >= 0.3 is 0 Å². The SMILES string of the molecule is COc1ccc(-n2c(C)cc(/C=C(\C#N)C(=O)NCc3cc(OC)ccc3OC)c2C)cc1. The summed E-state index contributed by atoms with van der Waals surface area (Å²) in [5.74, 6) is 1.60. The van der Waals surface area contributed by atoms with Crippen LogP contribution in [0.1, 0.15) is 22.5 Å². The summed E-state index contributed by atoms with van der Waals surface area (Å²) in [7, 11) is 4.76. The fourth-order valence-corrected chi connectivity index (χ4v) is 3.66. The standard InChI is InChI=1S/C26H27N3O4/c1-17-12-19(18(2)29(17)22-6-8-23(31-3)9-7-22)13-20(15-27)26(30)28-16-21-14-24(32-4)10-11-25(21)33-5/h6-14H,16H2,1-5H3,(H,28,30)/b20-13+. The highest BCUT2D eigenvalue weighted by molar-refractivity contribution is 6.01. The molecule has 0 radical (unpaired) electrons. The van der Waals surface area contributed by atoms with Crippen molar-refractivity contribution in [2.24, 2.45) is 0 Å². The van der Waals surface area contributed by atoms with Gasteiger partial charge in [0.25, 0.3) is 5.91 Å². The predicted octanol–water partition coefficient (Wildman–Crippen LogP) is 4.34. The highest BCUT2D eigenvalue weighted by Gasteiger charge is 2.15. The molecule has 33 heavy (non-hydrogen) atoms. The minimum absolute atomic E-state index is 0.0202. The van der Waals surface area contributed by atoms with Gasteiger partial charge in [-0.25, -0.2) is 0 Å². The van der Waals surface area contributed by atoms with Crippen molar-refractivity contribution in [3.8, 4) is 29.0 Å². The van der Waals surface area contributed by atoms with Gasteiger partial charge in [0.05, 0.1) is 21.3 Å². The van der Waals surface area contributed by atoms with E-state index in [4.69, 9.17) is 14.2 Å². The Morgan fingerprint density at radius 1 is 1.00 bits per heavy atom. The third-order valence-corrected chi connectivity index (χ3v) is 5.39. The maximum absolute atomic E-state index is 12.8. The lowest BCUT2D eigenvalue weighted by molar-refractivity contribution is -0.117. The van der Waals surface area contributed by atoms with Crippen molar-refractivity contribution in [3.05, 3.63) is 76.6 Å². The molecule has 7 nitrogen and oxygen atoms in total. The van der Waals surface area contributed by atoms with Crippen molar-refractivity contribution < 1.29 is 19.0 Å². The fourth-order valence-electron chi connectivity index (χ4n) is 3.66. The topological polar surface area (TPSA) is 85.5 Å². The third kappa shape index (κ3) is 5.18. The highest BCUT2D eigenvalue weighted by atomic mass is 16.5. The Hall–Kier alpha value is -4.18. The molecule has 0 aliphatic carbocycles.